The van der Waals surface area contributed by atoms with Crippen molar-refractivity contribution < 1.29 is 103 Å². The van der Waals surface area contributed by atoms with Gasteiger partial charge in [-0.2, -0.15) is 0 Å². The van der Waals surface area contributed by atoms with Crippen molar-refractivity contribution in [3.05, 3.63) is 37.0 Å². The minimum absolute atomic E-state index is 0. The molecule has 2 fully saturated rings. The molecule has 0 aromatic rings. The second-order valence-electron chi connectivity index (χ2n) is 16.6. The molecule has 25 nitrogen and oxygen atoms in total. The van der Waals surface area contributed by atoms with Crippen LogP contribution in [0.25, 0.3) is 0 Å². The maximum atomic E-state index is 13.1. The molecule has 2 aliphatic rings. The van der Waals surface area contributed by atoms with Crippen molar-refractivity contribution in [3.8, 4) is 0 Å². The molecule has 0 aromatic carbocycles. The second kappa shape index (κ2) is 39.3. The summed E-state index contributed by atoms with van der Waals surface area (Å²) in [6, 6.07) is 1.06. The molecule has 0 aromatic heterocycles. The number of nitrogens with zero attached hydrogens (tertiary/aromatic N) is 2. The number of hydrogen-bond acceptors (Lipinski definition) is 23. The summed E-state index contributed by atoms with van der Waals surface area (Å²) in [6.45, 7) is 20.2. The monoisotopic (exact) mass is 1120 g/mol. The Morgan fingerprint density at radius 2 is 1.01 bits per heavy atom. The standard InChI is InChI=1S/C24H41NO11Si.C10H20O5Si.C7H7NO4.C5H8O2.Al.B.HN/c1-9-23(3,22(30)35-13-10-14-37(32-6,33-7)34-8)16-24(4,21(29)31-5)15-17(2)20(28)36-25-18(26)11-12-19(25)27;1-9(2)10(11)15-7-6-8-16(12-3,13-4)14-5;1-2-7(11)12-8-5(9)3-4-6(8)10;1-4(2)5(6)7-3;;;/h17H,9-16H2,1-8H3;1,6-8H2,2-5H3;2H,1,3-4H2;1H2,2-3H3;;;1H. The number of methoxy groups -OCH3 is 2. The van der Waals surface area contributed by atoms with E-state index in [9.17, 15) is 47.9 Å². The topological polar surface area (TPSA) is 312 Å². The summed E-state index contributed by atoms with van der Waals surface area (Å²) in [7, 11) is 6.41. The number of carbonyl (C=O) groups is 10. The first-order chi connectivity index (χ1) is 34.6. The Labute approximate surface area is 452 Å². The van der Waals surface area contributed by atoms with Gasteiger partial charge in [-0.15, -0.1) is 10.1 Å². The summed E-state index contributed by atoms with van der Waals surface area (Å²) in [5, 5.41) is 0.945. The van der Waals surface area contributed by atoms with Crippen LogP contribution in [-0.2, 0) is 103 Å². The molecule has 2 aliphatic heterocycles. The first kappa shape index (κ1) is 76.4. The molecule has 2 heterocycles. The van der Waals surface area contributed by atoms with Crippen LogP contribution in [0.1, 0.15) is 99.3 Å². The number of ether oxygens (including phenoxy) is 4. The van der Waals surface area contributed by atoms with E-state index < -0.39 is 81.9 Å². The fourth-order valence-corrected chi connectivity index (χ4v) is 9.93. The fourth-order valence-electron chi connectivity index (χ4n) is 6.55. The van der Waals surface area contributed by atoms with Gasteiger partial charge >= 0.3 is 73.9 Å². The summed E-state index contributed by atoms with van der Waals surface area (Å²) in [4.78, 5) is 125. The normalized spacial score (nSPS) is 14.7. The second-order valence-corrected chi connectivity index (χ2v) is 22.7. The number of carbonyl (C=O) groups excluding carboxylic acids is 10. The molecule has 1 N–H and O–H groups in total. The van der Waals surface area contributed by atoms with E-state index >= 15 is 0 Å². The van der Waals surface area contributed by atoms with Crippen LogP contribution in [0, 0.1) is 21.1 Å². The van der Waals surface area contributed by atoms with Crippen molar-refractivity contribution in [2.24, 2.45) is 16.7 Å². The maximum absolute atomic E-state index is 13.1. The Kier molecular flexibility index (Phi) is 40.1. The van der Waals surface area contributed by atoms with Crippen LogP contribution in [0.2, 0.25) is 12.1 Å². The van der Waals surface area contributed by atoms with E-state index in [2.05, 4.69) is 29.3 Å². The summed E-state index contributed by atoms with van der Waals surface area (Å²) in [5.74, 6) is -6.51. The van der Waals surface area contributed by atoms with Crippen LogP contribution >= 0.6 is 0 Å². The molecule has 0 saturated carbocycles. The molecule has 0 bridgehead atoms. The summed E-state index contributed by atoms with van der Waals surface area (Å²) in [6.07, 6.45) is 2.49. The molecule has 75 heavy (non-hydrogen) atoms. The van der Waals surface area contributed by atoms with Gasteiger partial charge in [-0.05, 0) is 59.8 Å². The average molecular weight is 1120 g/mol. The molecule has 422 valence electrons. The van der Waals surface area contributed by atoms with Gasteiger partial charge in [0.05, 0.1) is 44.2 Å². The van der Waals surface area contributed by atoms with Gasteiger partial charge in [0.15, 0.2) is 0 Å². The number of hydroxylamine groups is 4. The Morgan fingerprint density at radius 1 is 0.640 bits per heavy atom. The van der Waals surface area contributed by atoms with Crippen molar-refractivity contribution in [2.45, 2.75) is 111 Å². The third kappa shape index (κ3) is 27.0. The van der Waals surface area contributed by atoms with Crippen LogP contribution in [-0.4, -0.2) is 182 Å². The van der Waals surface area contributed by atoms with Crippen LogP contribution in [0.5, 0.6) is 0 Å². The quantitative estimate of drug-likeness (QED) is 0.0305. The number of amides is 4. The van der Waals surface area contributed by atoms with Crippen molar-refractivity contribution in [3.63, 3.8) is 0 Å². The molecule has 3 unspecified atom stereocenters. The van der Waals surface area contributed by atoms with Gasteiger partial charge in [-0.3, -0.25) is 28.8 Å². The van der Waals surface area contributed by atoms with E-state index in [1.165, 1.54) is 42.5 Å². The Balaban J connectivity index is -0.000000540. The van der Waals surface area contributed by atoms with E-state index in [0.717, 1.165) is 6.08 Å². The molecule has 2 saturated heterocycles. The van der Waals surface area contributed by atoms with Crippen LogP contribution in [0.3, 0.4) is 0 Å². The summed E-state index contributed by atoms with van der Waals surface area (Å²) in [5.41, 5.74) is -1.50. The van der Waals surface area contributed by atoms with Crippen LogP contribution in [0.4, 0.5) is 0 Å². The predicted octanol–water partition coefficient (Wildman–Crippen LogP) is 3.84. The van der Waals surface area contributed by atoms with Gasteiger partial charge in [0.1, 0.15) is 0 Å². The molecule has 4 amide bonds. The Hall–Kier alpha value is -5.09. The predicted molar refractivity (Wildman–Crippen MR) is 272 cm³/mol. The van der Waals surface area contributed by atoms with Gasteiger partial charge in [-0.1, -0.05) is 33.6 Å². The zero-order valence-electron chi connectivity index (χ0n) is 46.0. The minimum atomic E-state index is -2.80. The average Bonchev–Trinajstić information content (AvgIpc) is 3.89. The zero-order chi connectivity index (χ0) is 58.0. The van der Waals surface area contributed by atoms with Gasteiger partial charge in [0, 0.05) is 106 Å². The number of nitrogens with one attached hydrogen (secondary N) is 1. The molecule has 29 heteroatoms. The zero-order valence-corrected chi connectivity index (χ0v) is 49.2. The molecule has 0 spiro atoms. The SMILES string of the molecule is C=C(C)C(=O)OC.C=C(C)C(=O)OCCC[Si](OC)(OC)OC.C=CC(=O)ON1C(=O)CCC1=O.CCC(C)(CC(C)(CC(C)C(=O)ON1C(=O)CCC1=O)C(=O)OC)C(=O)OCCC[Si](OC)(OC)OC.[B].[NH]=[Al]. The van der Waals surface area contributed by atoms with Crippen LogP contribution < -0.4 is 0 Å². The molecule has 4 radical (unpaired) electrons. The number of hydrogen-bond donors (Lipinski definition) is 1. The summed E-state index contributed by atoms with van der Waals surface area (Å²) >= 11 is 1.67. The van der Waals surface area contributed by atoms with Gasteiger partial charge in [-0.25, -0.2) is 19.2 Å². The van der Waals surface area contributed by atoms with Gasteiger partial charge < -0.3 is 55.2 Å². The van der Waals surface area contributed by atoms with Crippen molar-refractivity contribution in [1.82, 2.24) is 10.1 Å². The molecular weight excluding hydrogens is 1040 g/mol. The Morgan fingerprint density at radius 3 is 1.32 bits per heavy atom. The summed E-state index contributed by atoms with van der Waals surface area (Å²) < 4.78 is 57.2. The Bertz CT molecular complexity index is 1890. The van der Waals surface area contributed by atoms with E-state index in [-0.39, 0.29) is 65.5 Å². The first-order valence-electron chi connectivity index (χ1n) is 22.8. The van der Waals surface area contributed by atoms with Gasteiger partial charge in [0.2, 0.25) is 0 Å². The van der Waals surface area contributed by atoms with Crippen molar-refractivity contribution in [2.75, 3.05) is 70.1 Å². The third-order valence-corrected chi connectivity index (χ3v) is 16.6. The van der Waals surface area contributed by atoms with Gasteiger partial charge in [0.25, 0.3) is 23.6 Å². The number of rotatable bonds is 27. The van der Waals surface area contributed by atoms with Crippen molar-refractivity contribution >= 4 is 102 Å². The molecular formula is C46H77AlBN3O22Si2. The molecule has 2 rings (SSSR count). The van der Waals surface area contributed by atoms with E-state index in [0.29, 0.717) is 59.2 Å². The van der Waals surface area contributed by atoms with E-state index in [4.69, 9.17) is 49.9 Å². The first-order valence-corrected chi connectivity index (χ1v) is 27.2. The number of esters is 4. The van der Waals surface area contributed by atoms with Crippen LogP contribution in [0.15, 0.2) is 37.0 Å². The number of imide groups is 2. The fraction of sp³-hybridized carbons (Fsp3) is 0.652. The molecule has 3 atom stereocenters. The molecule has 0 aliphatic carbocycles. The van der Waals surface area contributed by atoms with Crippen molar-refractivity contribution in [1.29, 1.82) is 4.35 Å². The third-order valence-electron chi connectivity index (χ3n) is 10.9. The van der Waals surface area contributed by atoms with E-state index in [1.54, 1.807) is 72.0 Å². The van der Waals surface area contributed by atoms with E-state index in [1.807, 2.05) is 0 Å².